The number of rotatable bonds is 1. The van der Waals surface area contributed by atoms with E-state index >= 15 is 0 Å². The largest absolute Gasteiger partial charge is 0.322 e. The minimum atomic E-state index is -0.277. The number of fused-ring (bicyclic) bond motifs is 2. The number of hydrogen-bond donors (Lipinski definition) is 1. The van der Waals surface area contributed by atoms with Crippen molar-refractivity contribution in [2.75, 3.05) is 5.32 Å². The first-order chi connectivity index (χ1) is 12.0. The van der Waals surface area contributed by atoms with Gasteiger partial charge in [0.15, 0.2) is 0 Å². The number of aryl methyl sites for hydroxylation is 2. The molecular weight excluding hydrogens is 340 g/mol. The van der Waals surface area contributed by atoms with Crippen LogP contribution in [0.1, 0.15) is 22.6 Å². The summed E-state index contributed by atoms with van der Waals surface area (Å²) in [5.41, 5.74) is 4.15. The van der Waals surface area contributed by atoms with Crippen molar-refractivity contribution in [1.29, 1.82) is 0 Å². The molecule has 0 atom stereocenters. The highest BCUT2D eigenvalue weighted by Crippen LogP contribution is 2.27. The second kappa shape index (κ2) is 5.62. The van der Waals surface area contributed by atoms with Gasteiger partial charge < -0.3 is 10.2 Å². The Balaban J connectivity index is 1.63. The highest BCUT2D eigenvalue weighted by molar-refractivity contribution is 7.00. The molecule has 25 heavy (non-hydrogen) atoms. The normalized spacial score (nSPS) is 13.3. The lowest BCUT2D eigenvalue weighted by Crippen LogP contribution is -2.31. The molecule has 1 N–H and O–H groups in total. The Hall–Kier alpha value is -2.81. The van der Waals surface area contributed by atoms with E-state index in [1.54, 1.807) is 18.9 Å². The Morgan fingerprint density at radius 1 is 1.24 bits per heavy atom. The molecule has 3 aromatic rings. The molecule has 2 aromatic heterocycles. The number of hydrogen-bond acceptors (Lipinski definition) is 6. The van der Waals surface area contributed by atoms with E-state index in [4.69, 9.17) is 0 Å². The van der Waals surface area contributed by atoms with E-state index in [0.717, 1.165) is 22.8 Å². The quantitative estimate of drug-likeness (QED) is 0.719. The van der Waals surface area contributed by atoms with E-state index < -0.39 is 0 Å². The number of urea groups is 1. The number of anilines is 1. The molecule has 0 bridgehead atoms. The first kappa shape index (κ1) is 15.7. The fourth-order valence-corrected chi connectivity index (χ4v) is 3.51. The summed E-state index contributed by atoms with van der Waals surface area (Å²) in [5.74, 6) is 0.639. The summed E-state index contributed by atoms with van der Waals surface area (Å²) < 4.78 is 9.97. The molecule has 0 unspecified atom stereocenters. The highest BCUT2D eigenvalue weighted by atomic mass is 32.1. The van der Waals surface area contributed by atoms with Crippen LogP contribution in [0.15, 0.2) is 16.9 Å². The molecule has 128 valence electrons. The summed E-state index contributed by atoms with van der Waals surface area (Å²) in [7, 11) is 1.69. The average molecular weight is 356 g/mol. The topological polar surface area (TPSA) is 93.0 Å². The van der Waals surface area contributed by atoms with Gasteiger partial charge in [0.25, 0.3) is 5.56 Å². The number of benzene rings is 1. The SMILES string of the molecule is Cc1ccc2nsnc2c1NC(=O)N1Cc2nc(C)n(C)c(=O)c2C1. The van der Waals surface area contributed by atoms with Gasteiger partial charge in [-0.15, -0.1) is 0 Å². The lowest BCUT2D eigenvalue weighted by atomic mass is 10.1. The Morgan fingerprint density at radius 3 is 2.84 bits per heavy atom. The molecule has 1 aliphatic heterocycles. The summed E-state index contributed by atoms with van der Waals surface area (Å²) in [4.78, 5) is 31.1. The van der Waals surface area contributed by atoms with Crippen LogP contribution in [0.2, 0.25) is 0 Å². The van der Waals surface area contributed by atoms with Crippen molar-refractivity contribution >= 4 is 34.5 Å². The predicted molar refractivity (Wildman–Crippen MR) is 94.6 cm³/mol. The van der Waals surface area contributed by atoms with Gasteiger partial charge in [0.05, 0.1) is 41.8 Å². The van der Waals surface area contributed by atoms with Crippen molar-refractivity contribution in [3.05, 3.63) is 45.1 Å². The van der Waals surface area contributed by atoms with Gasteiger partial charge in [-0.05, 0) is 25.5 Å². The van der Waals surface area contributed by atoms with E-state index in [9.17, 15) is 9.59 Å². The molecule has 3 heterocycles. The number of nitrogens with one attached hydrogen (secondary N) is 1. The first-order valence-corrected chi connectivity index (χ1v) is 8.52. The van der Waals surface area contributed by atoms with Gasteiger partial charge in [0, 0.05) is 7.05 Å². The maximum Gasteiger partial charge on any atom is 0.322 e. The zero-order valence-corrected chi connectivity index (χ0v) is 14.8. The highest BCUT2D eigenvalue weighted by Gasteiger charge is 2.28. The molecule has 0 spiro atoms. The van der Waals surface area contributed by atoms with E-state index in [1.165, 1.54) is 4.57 Å². The third-order valence-electron chi connectivity index (χ3n) is 4.54. The molecule has 0 radical (unpaired) electrons. The smallest absolute Gasteiger partial charge is 0.314 e. The predicted octanol–water partition coefficient (Wildman–Crippen LogP) is 1.95. The fraction of sp³-hybridized carbons (Fsp3) is 0.312. The maximum atomic E-state index is 12.7. The second-order valence-corrected chi connectivity index (χ2v) is 6.65. The van der Waals surface area contributed by atoms with Crippen molar-refractivity contribution in [1.82, 2.24) is 23.2 Å². The standard InChI is InChI=1S/C16H16N6O2S/c1-8-4-5-11-14(20-25-19-11)13(8)18-16(24)22-6-10-12(7-22)17-9(2)21(3)15(10)23/h4-5H,6-7H2,1-3H3,(H,18,24). The monoisotopic (exact) mass is 356 g/mol. The average Bonchev–Trinajstić information content (AvgIpc) is 3.22. The number of carbonyl (C=O) groups excluding carboxylic acids is 1. The molecule has 4 rings (SSSR count). The number of carbonyl (C=O) groups is 1. The van der Waals surface area contributed by atoms with Crippen LogP contribution in [0.4, 0.5) is 10.5 Å². The lowest BCUT2D eigenvalue weighted by Gasteiger charge is -2.17. The summed E-state index contributed by atoms with van der Waals surface area (Å²) in [6.07, 6.45) is 0. The first-order valence-electron chi connectivity index (χ1n) is 7.79. The number of aromatic nitrogens is 4. The summed E-state index contributed by atoms with van der Waals surface area (Å²) in [6.45, 7) is 4.27. The summed E-state index contributed by atoms with van der Waals surface area (Å²) >= 11 is 1.11. The van der Waals surface area contributed by atoms with Gasteiger partial charge in [-0.25, -0.2) is 9.78 Å². The van der Waals surface area contributed by atoms with Crippen LogP contribution in [0.5, 0.6) is 0 Å². The molecule has 0 fully saturated rings. The van der Waals surface area contributed by atoms with E-state index in [-0.39, 0.29) is 18.1 Å². The van der Waals surface area contributed by atoms with Crippen molar-refractivity contribution < 1.29 is 4.79 Å². The molecule has 0 saturated heterocycles. The Bertz CT molecular complexity index is 1070. The molecule has 0 aliphatic carbocycles. The van der Waals surface area contributed by atoms with Crippen molar-refractivity contribution in [2.45, 2.75) is 26.9 Å². The van der Waals surface area contributed by atoms with Crippen molar-refractivity contribution in [3.8, 4) is 0 Å². The van der Waals surface area contributed by atoms with Gasteiger partial charge >= 0.3 is 6.03 Å². The van der Waals surface area contributed by atoms with Crippen molar-refractivity contribution in [2.24, 2.45) is 7.05 Å². The molecule has 8 nitrogen and oxygen atoms in total. The molecule has 1 aromatic carbocycles. The number of nitrogens with zero attached hydrogens (tertiary/aromatic N) is 5. The Kier molecular flexibility index (Phi) is 3.53. The van der Waals surface area contributed by atoms with E-state index in [0.29, 0.717) is 34.8 Å². The molecule has 9 heteroatoms. The fourth-order valence-electron chi connectivity index (χ4n) is 2.97. The van der Waals surface area contributed by atoms with E-state index in [2.05, 4.69) is 19.0 Å². The zero-order chi connectivity index (χ0) is 17.7. The Labute approximate surface area is 147 Å². The minimum absolute atomic E-state index is 0.0974. The summed E-state index contributed by atoms with van der Waals surface area (Å²) in [6, 6.07) is 3.51. The second-order valence-electron chi connectivity index (χ2n) is 6.12. The zero-order valence-electron chi connectivity index (χ0n) is 14.0. The van der Waals surface area contributed by atoms with Crippen LogP contribution in [0, 0.1) is 13.8 Å². The van der Waals surface area contributed by atoms with Crippen LogP contribution < -0.4 is 10.9 Å². The third kappa shape index (κ3) is 2.47. The van der Waals surface area contributed by atoms with E-state index in [1.807, 2.05) is 19.1 Å². The van der Waals surface area contributed by atoms with Crippen LogP contribution in [-0.4, -0.2) is 29.2 Å². The Morgan fingerprint density at radius 2 is 2.04 bits per heavy atom. The van der Waals surface area contributed by atoms with Gasteiger partial charge in [-0.2, -0.15) is 8.75 Å². The lowest BCUT2D eigenvalue weighted by molar-refractivity contribution is 0.212. The summed E-state index contributed by atoms with van der Waals surface area (Å²) in [5, 5.41) is 2.92. The van der Waals surface area contributed by atoms with Gasteiger partial charge in [-0.3, -0.25) is 9.36 Å². The maximum absolute atomic E-state index is 12.7. The van der Waals surface area contributed by atoms with Crippen LogP contribution in [-0.2, 0) is 20.1 Å². The minimum Gasteiger partial charge on any atom is -0.314 e. The molecule has 2 amide bonds. The molecular formula is C16H16N6O2S. The van der Waals surface area contributed by atoms with Gasteiger partial charge in [0.1, 0.15) is 16.9 Å². The molecule has 1 aliphatic rings. The van der Waals surface area contributed by atoms with Gasteiger partial charge in [-0.1, -0.05) is 6.07 Å². The third-order valence-corrected chi connectivity index (χ3v) is 5.08. The van der Waals surface area contributed by atoms with Crippen molar-refractivity contribution in [3.63, 3.8) is 0 Å². The number of amides is 2. The van der Waals surface area contributed by atoms with Crippen LogP contribution in [0.25, 0.3) is 11.0 Å². The molecule has 0 saturated carbocycles. The van der Waals surface area contributed by atoms with Gasteiger partial charge in [0.2, 0.25) is 0 Å². The van der Waals surface area contributed by atoms with Crippen LogP contribution in [0.3, 0.4) is 0 Å². The van der Waals surface area contributed by atoms with Crippen LogP contribution >= 0.6 is 11.7 Å².